The fourth-order valence-corrected chi connectivity index (χ4v) is 3.74. The summed E-state index contributed by atoms with van der Waals surface area (Å²) in [4.78, 5) is 25.9. The largest absolute Gasteiger partial charge is 0.336 e. The Hall–Kier alpha value is -2.92. The number of aromatic nitrogens is 2. The zero-order chi connectivity index (χ0) is 17.4. The lowest BCUT2D eigenvalue weighted by Gasteiger charge is -2.12. The molecular formula is C20H16N2O2S. The average molecular weight is 348 g/mol. The Morgan fingerprint density at radius 3 is 2.36 bits per heavy atom. The van der Waals surface area contributed by atoms with Crippen molar-refractivity contribution >= 4 is 21.6 Å². The number of benzene rings is 2. The van der Waals surface area contributed by atoms with Gasteiger partial charge in [-0.15, -0.1) is 11.3 Å². The molecule has 124 valence electrons. The summed E-state index contributed by atoms with van der Waals surface area (Å²) in [7, 11) is 0. The van der Waals surface area contributed by atoms with E-state index in [9.17, 15) is 9.59 Å². The van der Waals surface area contributed by atoms with Gasteiger partial charge in [-0.25, -0.2) is 9.36 Å². The number of rotatable bonds is 3. The van der Waals surface area contributed by atoms with Gasteiger partial charge in [-0.3, -0.25) is 9.36 Å². The van der Waals surface area contributed by atoms with Gasteiger partial charge < -0.3 is 0 Å². The van der Waals surface area contributed by atoms with Crippen LogP contribution >= 0.6 is 11.3 Å². The molecule has 25 heavy (non-hydrogen) atoms. The third kappa shape index (κ3) is 2.72. The van der Waals surface area contributed by atoms with Gasteiger partial charge in [0.25, 0.3) is 5.56 Å². The van der Waals surface area contributed by atoms with E-state index < -0.39 is 0 Å². The SMILES string of the molecule is Cc1ccc(Cn2c(=O)n(-c3ccccc3)c(=O)c3sccc32)cc1. The lowest BCUT2D eigenvalue weighted by Crippen LogP contribution is -2.38. The summed E-state index contributed by atoms with van der Waals surface area (Å²) >= 11 is 1.37. The quantitative estimate of drug-likeness (QED) is 0.568. The van der Waals surface area contributed by atoms with E-state index >= 15 is 0 Å². The van der Waals surface area contributed by atoms with Gasteiger partial charge in [0.05, 0.1) is 17.7 Å². The first-order valence-electron chi connectivity index (χ1n) is 7.99. The van der Waals surface area contributed by atoms with Crippen LogP contribution in [0.5, 0.6) is 0 Å². The first kappa shape index (κ1) is 15.6. The van der Waals surface area contributed by atoms with Gasteiger partial charge >= 0.3 is 5.69 Å². The fraction of sp³-hybridized carbons (Fsp3) is 0.100. The van der Waals surface area contributed by atoms with Gasteiger partial charge in [0.15, 0.2) is 0 Å². The van der Waals surface area contributed by atoms with Gasteiger partial charge in [0, 0.05) is 0 Å². The highest BCUT2D eigenvalue weighted by Gasteiger charge is 2.15. The number of hydrogen-bond acceptors (Lipinski definition) is 3. The van der Waals surface area contributed by atoms with Gasteiger partial charge in [-0.05, 0) is 36.1 Å². The second-order valence-electron chi connectivity index (χ2n) is 5.97. The Balaban J connectivity index is 1.98. The molecule has 0 saturated carbocycles. The summed E-state index contributed by atoms with van der Waals surface area (Å²) in [5, 5.41) is 1.85. The molecule has 0 bridgehead atoms. The summed E-state index contributed by atoms with van der Waals surface area (Å²) in [6.07, 6.45) is 0. The van der Waals surface area contributed by atoms with Crippen LogP contribution in [-0.4, -0.2) is 9.13 Å². The standard InChI is InChI=1S/C20H16N2O2S/c1-14-7-9-15(10-8-14)13-21-17-11-12-25-18(17)19(23)22(20(21)24)16-5-3-2-4-6-16/h2-12H,13H2,1H3. The molecule has 5 heteroatoms. The first-order valence-corrected chi connectivity index (χ1v) is 8.87. The van der Waals surface area contributed by atoms with Crippen LogP contribution in [0.3, 0.4) is 0 Å². The summed E-state index contributed by atoms with van der Waals surface area (Å²) < 4.78 is 3.52. The van der Waals surface area contributed by atoms with Gasteiger partial charge in [0.1, 0.15) is 4.70 Å². The van der Waals surface area contributed by atoms with Crippen molar-refractivity contribution in [2.24, 2.45) is 0 Å². The molecule has 0 unspecified atom stereocenters. The van der Waals surface area contributed by atoms with Crippen LogP contribution in [0.1, 0.15) is 11.1 Å². The van der Waals surface area contributed by atoms with Crippen molar-refractivity contribution in [3.8, 4) is 5.69 Å². The molecule has 0 amide bonds. The monoisotopic (exact) mass is 348 g/mol. The van der Waals surface area contributed by atoms with E-state index in [1.807, 2.05) is 60.8 Å². The van der Waals surface area contributed by atoms with Crippen LogP contribution in [0.15, 0.2) is 75.6 Å². The smallest absolute Gasteiger partial charge is 0.288 e. The molecule has 0 spiro atoms. The molecule has 2 heterocycles. The lowest BCUT2D eigenvalue weighted by molar-refractivity contribution is 0.716. The Morgan fingerprint density at radius 2 is 1.64 bits per heavy atom. The molecule has 0 atom stereocenters. The van der Waals surface area contributed by atoms with Crippen LogP contribution in [-0.2, 0) is 6.54 Å². The van der Waals surface area contributed by atoms with Gasteiger partial charge in [-0.2, -0.15) is 0 Å². The molecule has 2 aromatic heterocycles. The number of hydrogen-bond donors (Lipinski definition) is 0. The first-order chi connectivity index (χ1) is 12.1. The van der Waals surface area contributed by atoms with Crippen molar-refractivity contribution in [2.75, 3.05) is 0 Å². The molecule has 2 aromatic carbocycles. The topological polar surface area (TPSA) is 44.0 Å². The predicted octanol–water partition coefficient (Wildman–Crippen LogP) is 3.57. The maximum atomic E-state index is 13.1. The summed E-state index contributed by atoms with van der Waals surface area (Å²) in [6.45, 7) is 2.46. The summed E-state index contributed by atoms with van der Waals surface area (Å²) in [6, 6.07) is 19.0. The minimum absolute atomic E-state index is 0.263. The normalized spacial score (nSPS) is 11.1. The lowest BCUT2D eigenvalue weighted by atomic mass is 10.1. The van der Waals surface area contributed by atoms with Crippen molar-refractivity contribution in [3.05, 3.63) is 98.0 Å². The van der Waals surface area contributed by atoms with E-state index in [2.05, 4.69) is 0 Å². The highest BCUT2D eigenvalue weighted by atomic mass is 32.1. The highest BCUT2D eigenvalue weighted by Crippen LogP contribution is 2.17. The Morgan fingerprint density at radius 1 is 0.920 bits per heavy atom. The maximum Gasteiger partial charge on any atom is 0.336 e. The van der Waals surface area contributed by atoms with E-state index in [4.69, 9.17) is 0 Å². The van der Waals surface area contributed by atoms with Crippen molar-refractivity contribution in [2.45, 2.75) is 13.5 Å². The average Bonchev–Trinajstić information content (AvgIpc) is 3.11. The van der Waals surface area contributed by atoms with Crippen molar-refractivity contribution < 1.29 is 0 Å². The molecular weight excluding hydrogens is 332 g/mol. The van der Waals surface area contributed by atoms with Crippen molar-refractivity contribution in [1.29, 1.82) is 0 Å². The minimum Gasteiger partial charge on any atom is -0.288 e. The molecule has 0 fully saturated rings. The number of aryl methyl sites for hydroxylation is 1. The van der Waals surface area contributed by atoms with E-state index in [-0.39, 0.29) is 11.2 Å². The van der Waals surface area contributed by atoms with Crippen LogP contribution in [0, 0.1) is 6.92 Å². The Labute approximate surface area is 148 Å². The summed E-state index contributed by atoms with van der Waals surface area (Å²) in [5.74, 6) is 0. The summed E-state index contributed by atoms with van der Waals surface area (Å²) in [5.41, 5.74) is 2.90. The predicted molar refractivity (Wildman–Crippen MR) is 102 cm³/mol. The third-order valence-electron chi connectivity index (χ3n) is 4.23. The number of fused-ring (bicyclic) bond motifs is 1. The number of thiophene rings is 1. The third-order valence-corrected chi connectivity index (χ3v) is 5.12. The van der Waals surface area contributed by atoms with E-state index in [1.54, 1.807) is 16.7 Å². The van der Waals surface area contributed by atoms with Crippen molar-refractivity contribution in [1.82, 2.24) is 9.13 Å². The zero-order valence-electron chi connectivity index (χ0n) is 13.7. The van der Waals surface area contributed by atoms with Crippen molar-refractivity contribution in [3.63, 3.8) is 0 Å². The number of para-hydroxylation sites is 1. The second kappa shape index (κ2) is 6.18. The molecule has 0 radical (unpaired) electrons. The van der Waals surface area contributed by atoms with E-state index in [0.717, 1.165) is 5.56 Å². The van der Waals surface area contributed by atoms with Crippen LogP contribution < -0.4 is 11.2 Å². The molecule has 0 saturated heterocycles. The minimum atomic E-state index is -0.317. The van der Waals surface area contributed by atoms with Gasteiger partial charge in [0.2, 0.25) is 0 Å². The molecule has 4 aromatic rings. The fourth-order valence-electron chi connectivity index (χ4n) is 2.92. The Kier molecular flexibility index (Phi) is 3.86. The number of nitrogens with zero attached hydrogens (tertiary/aromatic N) is 2. The molecule has 4 nitrogen and oxygen atoms in total. The zero-order valence-corrected chi connectivity index (χ0v) is 14.5. The van der Waals surface area contributed by atoms with Crippen LogP contribution in [0.25, 0.3) is 15.9 Å². The highest BCUT2D eigenvalue weighted by molar-refractivity contribution is 7.17. The molecule has 0 aliphatic heterocycles. The second-order valence-corrected chi connectivity index (χ2v) is 6.88. The molecule has 0 N–H and O–H groups in total. The molecule has 4 rings (SSSR count). The maximum absolute atomic E-state index is 13.1. The Bertz CT molecular complexity index is 1150. The van der Waals surface area contributed by atoms with E-state index in [1.165, 1.54) is 21.5 Å². The van der Waals surface area contributed by atoms with Crippen LogP contribution in [0.2, 0.25) is 0 Å². The van der Waals surface area contributed by atoms with Gasteiger partial charge in [-0.1, -0.05) is 48.0 Å². The van der Waals surface area contributed by atoms with Crippen LogP contribution in [0.4, 0.5) is 0 Å². The van der Waals surface area contributed by atoms with E-state index in [0.29, 0.717) is 22.4 Å². The molecule has 0 aliphatic carbocycles. The molecule has 0 aliphatic rings.